The van der Waals surface area contributed by atoms with Crippen LogP contribution in [0.2, 0.25) is 0 Å². The first-order chi connectivity index (χ1) is 8.50. The van der Waals surface area contributed by atoms with Crippen LogP contribution in [0.15, 0.2) is 0 Å². The molecule has 12 heteroatoms. The van der Waals surface area contributed by atoms with Gasteiger partial charge < -0.3 is 20.1 Å². The van der Waals surface area contributed by atoms with E-state index in [-0.39, 0.29) is 0 Å². The molecule has 11 nitrogen and oxygen atoms in total. The molecule has 1 heterocycles. The normalized spacial score (nSPS) is 39.9. The van der Waals surface area contributed by atoms with E-state index in [0.717, 1.165) is 6.92 Å². The molecule has 0 aromatic carbocycles. The van der Waals surface area contributed by atoms with Gasteiger partial charge in [-0.15, -0.1) is 0 Å². The fourth-order valence-electron chi connectivity index (χ4n) is 1.58. The summed E-state index contributed by atoms with van der Waals surface area (Å²) >= 11 is 0. The topological polar surface area (TPSA) is 180 Å². The monoisotopic (exact) mass is 304 g/mol. The highest BCUT2D eigenvalue weighted by atomic mass is 32.3. The van der Waals surface area contributed by atoms with Gasteiger partial charge in [-0.25, -0.2) is 8.98 Å². The number of carbonyl (C=O) groups is 1. The van der Waals surface area contributed by atoms with Crippen molar-refractivity contribution in [2.45, 2.75) is 37.1 Å². The predicted octanol–water partition coefficient (Wildman–Crippen LogP) is -2.98. The smallest absolute Gasteiger partial charge is 0.387 e. The van der Waals surface area contributed by atoms with Crippen molar-refractivity contribution in [2.24, 2.45) is 0 Å². The van der Waals surface area contributed by atoms with Gasteiger partial charge in [0.1, 0.15) is 11.7 Å². The van der Waals surface area contributed by atoms with Crippen molar-refractivity contribution in [1.29, 1.82) is 0 Å². The van der Waals surface area contributed by atoms with Crippen LogP contribution in [-0.4, -0.2) is 69.7 Å². The fraction of sp³-hybridized carbons (Fsp3) is 0.857. The highest BCUT2D eigenvalue weighted by Crippen LogP contribution is 2.31. The van der Waals surface area contributed by atoms with Crippen LogP contribution in [0.25, 0.3) is 0 Å². The Morgan fingerprint density at radius 2 is 1.89 bits per heavy atom. The van der Waals surface area contributed by atoms with E-state index in [1.807, 2.05) is 0 Å². The van der Waals surface area contributed by atoms with E-state index in [1.165, 1.54) is 0 Å². The minimum atomic E-state index is -5.06. The van der Waals surface area contributed by atoms with E-state index in [4.69, 9.17) is 9.81 Å². The first kappa shape index (κ1) is 16.2. The quantitative estimate of drug-likeness (QED) is 0.204. The van der Waals surface area contributed by atoms with E-state index in [1.54, 1.807) is 0 Å². The minimum Gasteiger partial charge on any atom is -0.387 e. The van der Waals surface area contributed by atoms with Gasteiger partial charge in [-0.1, -0.05) is 0 Å². The van der Waals surface area contributed by atoms with E-state index in [2.05, 4.69) is 13.8 Å². The molecule has 0 amide bonds. The molecular formula is C7H12O11S. The van der Waals surface area contributed by atoms with E-state index in [0.29, 0.717) is 0 Å². The molecule has 0 aromatic heterocycles. The molecule has 0 unspecified atom stereocenters. The molecule has 1 aliphatic heterocycles. The van der Waals surface area contributed by atoms with Crippen LogP contribution >= 0.6 is 0 Å². The van der Waals surface area contributed by atoms with Gasteiger partial charge >= 0.3 is 16.4 Å². The Hall–Kier alpha value is -0.860. The Balaban J connectivity index is 3.03. The predicted molar refractivity (Wildman–Crippen MR) is 52.7 cm³/mol. The summed E-state index contributed by atoms with van der Waals surface area (Å²) in [6, 6.07) is 0. The SMILES string of the molecule is C[C@]1(O)[C@H](O)[C@@H](OS(=O)(=O)O)[C@H](O)O[C@H]1C(=O)OO. The highest BCUT2D eigenvalue weighted by molar-refractivity contribution is 7.80. The number of hydrogen-bond acceptors (Lipinski definition) is 10. The van der Waals surface area contributed by atoms with Gasteiger partial charge in [0, 0.05) is 0 Å². The second-order valence-corrected chi connectivity index (χ2v) is 5.02. The van der Waals surface area contributed by atoms with Crippen molar-refractivity contribution < 1.29 is 52.1 Å². The first-order valence-corrected chi connectivity index (χ1v) is 6.12. The van der Waals surface area contributed by atoms with Crippen molar-refractivity contribution in [2.75, 3.05) is 0 Å². The largest absolute Gasteiger partial charge is 0.397 e. The lowest BCUT2D eigenvalue weighted by Gasteiger charge is -2.44. The molecule has 0 radical (unpaired) electrons. The lowest BCUT2D eigenvalue weighted by Crippen LogP contribution is -2.67. The van der Waals surface area contributed by atoms with Gasteiger partial charge in [-0.05, 0) is 6.92 Å². The molecule has 1 aliphatic rings. The standard InChI is InChI=1S/C7H12O11S/c1-7(11)3(8)2(18-19(13,14)15)5(9)16-4(7)6(10)17-12/h2-5,8-9,11-12H,1H3,(H,13,14,15)/t2-,3-,4+,5-,7+/m1/s1. The zero-order valence-electron chi connectivity index (χ0n) is 9.40. The molecule has 1 rings (SSSR count). The van der Waals surface area contributed by atoms with Crippen molar-refractivity contribution >= 4 is 16.4 Å². The molecule has 1 saturated heterocycles. The first-order valence-electron chi connectivity index (χ1n) is 4.75. The second-order valence-electron chi connectivity index (χ2n) is 3.98. The molecule has 1 fully saturated rings. The molecule has 0 saturated carbocycles. The van der Waals surface area contributed by atoms with E-state index in [9.17, 15) is 28.5 Å². The Morgan fingerprint density at radius 1 is 1.37 bits per heavy atom. The summed E-state index contributed by atoms with van der Waals surface area (Å²) in [5, 5.41) is 37.0. The fourth-order valence-corrected chi connectivity index (χ4v) is 2.06. The van der Waals surface area contributed by atoms with Gasteiger partial charge in [0.15, 0.2) is 18.5 Å². The molecule has 0 spiro atoms. The maximum Gasteiger partial charge on any atom is 0.397 e. The van der Waals surface area contributed by atoms with Crippen LogP contribution in [0.3, 0.4) is 0 Å². The number of ether oxygens (including phenoxy) is 1. The Bertz CT molecular complexity index is 442. The van der Waals surface area contributed by atoms with E-state index >= 15 is 0 Å². The molecule has 5 atom stereocenters. The maximum absolute atomic E-state index is 11.1. The van der Waals surface area contributed by atoms with Crippen LogP contribution in [0, 0.1) is 0 Å². The molecule has 5 N–H and O–H groups in total. The molecule has 112 valence electrons. The minimum absolute atomic E-state index is 0.839. The number of aliphatic hydroxyl groups is 3. The summed E-state index contributed by atoms with van der Waals surface area (Å²) in [4.78, 5) is 14.4. The average molecular weight is 304 g/mol. The number of hydrogen-bond donors (Lipinski definition) is 5. The summed E-state index contributed by atoms with van der Waals surface area (Å²) in [5.74, 6) is -1.53. The Labute approximate surface area is 106 Å². The van der Waals surface area contributed by atoms with Gasteiger partial charge in [0.25, 0.3) is 0 Å². The van der Waals surface area contributed by atoms with Gasteiger partial charge in [0.2, 0.25) is 0 Å². The highest BCUT2D eigenvalue weighted by Gasteiger charge is 2.57. The van der Waals surface area contributed by atoms with Crippen LogP contribution < -0.4 is 0 Å². The zero-order valence-corrected chi connectivity index (χ0v) is 10.2. The molecular weight excluding hydrogens is 292 g/mol. The van der Waals surface area contributed by atoms with E-state index < -0.39 is 46.6 Å². The molecule has 0 aliphatic carbocycles. The Morgan fingerprint density at radius 3 is 2.32 bits per heavy atom. The maximum atomic E-state index is 11.1. The molecule has 0 aromatic rings. The summed E-state index contributed by atoms with van der Waals surface area (Å²) in [7, 11) is -5.06. The number of aliphatic hydroxyl groups excluding tert-OH is 2. The van der Waals surface area contributed by atoms with Crippen molar-refractivity contribution in [3.05, 3.63) is 0 Å². The van der Waals surface area contributed by atoms with Crippen molar-refractivity contribution in [3.63, 3.8) is 0 Å². The third-order valence-electron chi connectivity index (χ3n) is 2.53. The molecule has 0 bridgehead atoms. The lowest BCUT2D eigenvalue weighted by molar-refractivity contribution is -0.318. The van der Waals surface area contributed by atoms with Crippen LogP contribution in [-0.2, 0) is 29.0 Å². The van der Waals surface area contributed by atoms with Gasteiger partial charge in [-0.3, -0.25) is 9.44 Å². The number of rotatable bonds is 3. The summed E-state index contributed by atoms with van der Waals surface area (Å²) in [5.41, 5.74) is -2.46. The van der Waals surface area contributed by atoms with Crippen molar-refractivity contribution in [1.82, 2.24) is 0 Å². The van der Waals surface area contributed by atoms with Crippen LogP contribution in [0.4, 0.5) is 0 Å². The van der Waals surface area contributed by atoms with Crippen LogP contribution in [0.1, 0.15) is 6.92 Å². The number of carbonyl (C=O) groups excluding carboxylic acids is 1. The average Bonchev–Trinajstić information content (AvgIpc) is 2.27. The van der Waals surface area contributed by atoms with Gasteiger partial charge in [0.05, 0.1) is 0 Å². The Kier molecular flexibility index (Phi) is 4.48. The molecule has 19 heavy (non-hydrogen) atoms. The summed E-state index contributed by atoms with van der Waals surface area (Å²) in [6.45, 7) is 0.839. The van der Waals surface area contributed by atoms with Crippen molar-refractivity contribution in [3.8, 4) is 0 Å². The lowest BCUT2D eigenvalue weighted by atomic mass is 9.86. The zero-order chi connectivity index (χ0) is 15.0. The second kappa shape index (κ2) is 5.26. The summed E-state index contributed by atoms with van der Waals surface area (Å²) in [6.07, 6.45) is -8.44. The van der Waals surface area contributed by atoms with Gasteiger partial charge in [-0.2, -0.15) is 13.7 Å². The third kappa shape index (κ3) is 3.37. The van der Waals surface area contributed by atoms with Crippen LogP contribution in [0.5, 0.6) is 0 Å². The third-order valence-corrected chi connectivity index (χ3v) is 3.00. The summed E-state index contributed by atoms with van der Waals surface area (Å²) < 4.78 is 37.9.